The molecule has 0 saturated heterocycles. The van der Waals surface area contributed by atoms with Crippen molar-refractivity contribution in [3.05, 3.63) is 117 Å². The molecule has 0 aliphatic rings. The number of anilines is 1. The number of carboxylic acids is 1. The SMILES string of the molecule is COc1cn(C(Cc2ccc(F)cc2F)C(=O)Nc2ccc(C(=O)O)cc2)c(=O)cc1-c1cc(Cl)ccc1C(C)=O. The fraction of sp³-hybridized carbons (Fsp3) is 0.133. The van der Waals surface area contributed by atoms with Crippen molar-refractivity contribution in [3.63, 3.8) is 0 Å². The lowest BCUT2D eigenvalue weighted by Gasteiger charge is -2.22. The number of carbonyl (C=O) groups is 3. The van der Waals surface area contributed by atoms with Gasteiger partial charge in [-0.1, -0.05) is 17.7 Å². The standard InChI is InChI=1S/C30H23ClF2N2O6/c1-16(36)22-10-6-19(31)12-23(22)24-14-28(37)35(15-27(24)41-2)26(11-18-3-7-20(32)13-25(18)33)29(38)34-21-8-4-17(5-9-21)30(39)40/h3-10,12-15,26H,11H2,1-2H3,(H,34,38)(H,39,40). The van der Waals surface area contributed by atoms with Crippen molar-refractivity contribution in [1.82, 2.24) is 4.57 Å². The molecule has 0 saturated carbocycles. The molecule has 3 aromatic carbocycles. The summed E-state index contributed by atoms with van der Waals surface area (Å²) >= 11 is 6.17. The fourth-order valence-corrected chi connectivity index (χ4v) is 4.50. The minimum Gasteiger partial charge on any atom is -0.495 e. The highest BCUT2D eigenvalue weighted by molar-refractivity contribution is 6.31. The second kappa shape index (κ2) is 12.1. The third-order valence-electron chi connectivity index (χ3n) is 6.38. The lowest BCUT2D eigenvalue weighted by molar-refractivity contribution is -0.119. The largest absolute Gasteiger partial charge is 0.495 e. The maximum Gasteiger partial charge on any atom is 0.335 e. The zero-order chi connectivity index (χ0) is 29.8. The number of methoxy groups -OCH3 is 1. The van der Waals surface area contributed by atoms with Gasteiger partial charge in [0.1, 0.15) is 23.4 Å². The number of aromatic carboxylic acids is 1. The van der Waals surface area contributed by atoms with Crippen LogP contribution in [0.4, 0.5) is 14.5 Å². The number of ether oxygens (including phenoxy) is 1. The monoisotopic (exact) mass is 580 g/mol. The molecule has 1 aromatic heterocycles. The Labute approximate surface area is 237 Å². The van der Waals surface area contributed by atoms with Crippen LogP contribution >= 0.6 is 11.6 Å². The van der Waals surface area contributed by atoms with Crippen LogP contribution in [0.3, 0.4) is 0 Å². The summed E-state index contributed by atoms with van der Waals surface area (Å²) in [6.07, 6.45) is 0.922. The highest BCUT2D eigenvalue weighted by Crippen LogP contribution is 2.34. The summed E-state index contributed by atoms with van der Waals surface area (Å²) in [4.78, 5) is 50.4. The number of nitrogens with zero attached hydrogens (tertiary/aromatic N) is 1. The summed E-state index contributed by atoms with van der Waals surface area (Å²) in [5.74, 6) is -3.76. The Hall–Kier alpha value is -4.83. The molecule has 8 nitrogen and oxygen atoms in total. The van der Waals surface area contributed by atoms with Crippen molar-refractivity contribution in [2.45, 2.75) is 19.4 Å². The summed E-state index contributed by atoms with van der Waals surface area (Å²) in [7, 11) is 1.34. The number of nitrogens with one attached hydrogen (secondary N) is 1. The van der Waals surface area contributed by atoms with Gasteiger partial charge in [-0.15, -0.1) is 0 Å². The number of amides is 1. The second-order valence-corrected chi connectivity index (χ2v) is 9.51. The number of hydrogen-bond acceptors (Lipinski definition) is 5. The van der Waals surface area contributed by atoms with Crippen molar-refractivity contribution < 1.29 is 33.0 Å². The van der Waals surface area contributed by atoms with E-state index >= 15 is 0 Å². The molecule has 1 heterocycles. The molecule has 1 atom stereocenters. The van der Waals surface area contributed by atoms with Crippen molar-refractivity contribution >= 4 is 34.9 Å². The smallest absolute Gasteiger partial charge is 0.335 e. The highest BCUT2D eigenvalue weighted by Gasteiger charge is 2.26. The normalized spacial score (nSPS) is 11.5. The lowest BCUT2D eigenvalue weighted by atomic mass is 9.97. The number of ketones is 1. The zero-order valence-electron chi connectivity index (χ0n) is 21.8. The Morgan fingerprint density at radius 1 is 1.00 bits per heavy atom. The van der Waals surface area contributed by atoms with Crippen LogP contribution in [0.15, 0.2) is 77.7 Å². The molecule has 0 bridgehead atoms. The molecule has 0 radical (unpaired) electrons. The van der Waals surface area contributed by atoms with Gasteiger partial charge in [0.15, 0.2) is 5.78 Å². The fourth-order valence-electron chi connectivity index (χ4n) is 4.33. The van der Waals surface area contributed by atoms with Crippen molar-refractivity contribution in [2.24, 2.45) is 0 Å². The average Bonchev–Trinajstić information content (AvgIpc) is 2.92. The van der Waals surface area contributed by atoms with Crippen LogP contribution in [0, 0.1) is 11.6 Å². The van der Waals surface area contributed by atoms with Gasteiger partial charge in [-0.2, -0.15) is 0 Å². The van der Waals surface area contributed by atoms with Crippen LogP contribution in [-0.4, -0.2) is 34.4 Å². The summed E-state index contributed by atoms with van der Waals surface area (Å²) in [6, 6.07) is 12.6. The molecule has 4 rings (SSSR count). The van der Waals surface area contributed by atoms with Gasteiger partial charge in [0.25, 0.3) is 5.56 Å². The van der Waals surface area contributed by atoms with E-state index in [1.54, 1.807) is 0 Å². The topological polar surface area (TPSA) is 115 Å². The number of benzene rings is 3. The summed E-state index contributed by atoms with van der Waals surface area (Å²) in [5, 5.41) is 12.0. The van der Waals surface area contributed by atoms with E-state index in [0.717, 1.165) is 10.6 Å². The highest BCUT2D eigenvalue weighted by atomic mass is 35.5. The number of hydrogen-bond donors (Lipinski definition) is 2. The van der Waals surface area contributed by atoms with Crippen LogP contribution in [0.25, 0.3) is 11.1 Å². The number of carboxylic acid groups (broad SMARTS) is 1. The van der Waals surface area contributed by atoms with E-state index < -0.39 is 35.1 Å². The van der Waals surface area contributed by atoms with Gasteiger partial charge >= 0.3 is 5.97 Å². The third-order valence-corrected chi connectivity index (χ3v) is 6.62. The first kappa shape index (κ1) is 29.2. The third kappa shape index (κ3) is 6.50. The summed E-state index contributed by atoms with van der Waals surface area (Å²) in [5.41, 5.74) is 0.391. The number of halogens is 3. The lowest BCUT2D eigenvalue weighted by Crippen LogP contribution is -2.34. The van der Waals surface area contributed by atoms with Gasteiger partial charge in [-0.25, -0.2) is 13.6 Å². The van der Waals surface area contributed by atoms with E-state index in [1.807, 2.05) is 0 Å². The number of carbonyl (C=O) groups excluding carboxylic acids is 2. The van der Waals surface area contributed by atoms with E-state index in [-0.39, 0.29) is 45.9 Å². The van der Waals surface area contributed by atoms with Crippen molar-refractivity contribution in [1.29, 1.82) is 0 Å². The van der Waals surface area contributed by atoms with Crippen molar-refractivity contribution in [3.8, 4) is 16.9 Å². The first-order valence-corrected chi connectivity index (χ1v) is 12.6. The average molecular weight is 581 g/mol. The Kier molecular flexibility index (Phi) is 8.63. The molecule has 0 aliphatic carbocycles. The molecular formula is C30H23ClF2N2O6. The maximum absolute atomic E-state index is 14.6. The first-order valence-electron chi connectivity index (χ1n) is 12.2. The Morgan fingerprint density at radius 2 is 1.71 bits per heavy atom. The Bertz CT molecular complexity index is 1720. The van der Waals surface area contributed by atoms with Crippen LogP contribution in [0.1, 0.15) is 39.2 Å². The minimum absolute atomic E-state index is 0.00424. The molecule has 2 N–H and O–H groups in total. The zero-order valence-corrected chi connectivity index (χ0v) is 22.5. The van der Waals surface area contributed by atoms with Crippen molar-refractivity contribution in [2.75, 3.05) is 12.4 Å². The van der Waals surface area contributed by atoms with E-state index in [2.05, 4.69) is 5.32 Å². The minimum atomic E-state index is -1.35. The number of pyridine rings is 1. The van der Waals surface area contributed by atoms with Gasteiger partial charge < -0.3 is 15.2 Å². The molecule has 11 heteroatoms. The summed E-state index contributed by atoms with van der Waals surface area (Å²) in [6.45, 7) is 1.36. The Balaban J connectivity index is 1.82. The second-order valence-electron chi connectivity index (χ2n) is 9.07. The maximum atomic E-state index is 14.6. The Morgan fingerprint density at radius 3 is 2.32 bits per heavy atom. The molecule has 1 unspecified atom stereocenters. The van der Waals surface area contributed by atoms with Crippen LogP contribution < -0.4 is 15.6 Å². The van der Waals surface area contributed by atoms with E-state index in [1.165, 1.54) is 74.8 Å². The van der Waals surface area contributed by atoms with Gasteiger partial charge in [-0.05, 0) is 66.6 Å². The predicted octanol–water partition coefficient (Wildman–Crippen LogP) is 5.78. The van der Waals surface area contributed by atoms with Gasteiger partial charge in [0, 0.05) is 40.4 Å². The van der Waals surface area contributed by atoms with E-state index in [0.29, 0.717) is 16.7 Å². The molecule has 0 fully saturated rings. The molecule has 1 amide bonds. The van der Waals surface area contributed by atoms with Crippen LogP contribution in [-0.2, 0) is 11.2 Å². The number of aromatic nitrogens is 1. The molecule has 41 heavy (non-hydrogen) atoms. The number of rotatable bonds is 9. The predicted molar refractivity (Wildman–Crippen MR) is 149 cm³/mol. The first-order chi connectivity index (χ1) is 19.5. The van der Waals surface area contributed by atoms with Gasteiger partial charge in [-0.3, -0.25) is 19.0 Å². The quantitative estimate of drug-likeness (QED) is 0.243. The molecule has 0 aliphatic heterocycles. The molecule has 0 spiro atoms. The van der Waals surface area contributed by atoms with Gasteiger partial charge in [0.2, 0.25) is 5.91 Å². The molecular weight excluding hydrogens is 558 g/mol. The van der Waals surface area contributed by atoms with Gasteiger partial charge in [0.05, 0.1) is 18.9 Å². The van der Waals surface area contributed by atoms with E-state index in [4.69, 9.17) is 21.4 Å². The van der Waals surface area contributed by atoms with Crippen LogP contribution in [0.5, 0.6) is 5.75 Å². The molecule has 4 aromatic rings. The molecule has 210 valence electrons. The number of Topliss-reactive ketones (excluding diaryl/α,β-unsaturated/α-hetero) is 1. The van der Waals surface area contributed by atoms with Crippen LogP contribution in [0.2, 0.25) is 5.02 Å². The summed E-state index contributed by atoms with van der Waals surface area (Å²) < 4.78 is 34.8. The van der Waals surface area contributed by atoms with E-state index in [9.17, 15) is 28.0 Å².